The Balaban J connectivity index is 2.03. The molecule has 2 aromatic carbocycles. The van der Waals surface area contributed by atoms with E-state index in [-0.39, 0.29) is 12.3 Å². The van der Waals surface area contributed by atoms with Crippen LogP contribution < -0.4 is 10.2 Å². The molecule has 0 bridgehead atoms. The molecule has 2 aromatic rings. The van der Waals surface area contributed by atoms with E-state index in [9.17, 15) is 14.0 Å². The Hall–Kier alpha value is -2.69. The van der Waals surface area contributed by atoms with Crippen molar-refractivity contribution in [2.24, 2.45) is 0 Å². The number of halogens is 1. The summed E-state index contributed by atoms with van der Waals surface area (Å²) in [6.45, 7) is 4.26. The largest absolute Gasteiger partial charge is 0.326 e. The molecule has 0 radical (unpaired) electrons. The van der Waals surface area contributed by atoms with Crippen LogP contribution >= 0.6 is 0 Å². The maximum absolute atomic E-state index is 13.1. The first-order chi connectivity index (χ1) is 11.0. The molecular weight excluding hydrogens is 295 g/mol. The fourth-order valence-electron chi connectivity index (χ4n) is 2.30. The first-order valence-corrected chi connectivity index (χ1v) is 7.42. The Morgan fingerprint density at radius 2 is 1.87 bits per heavy atom. The standard InChI is InChI=1S/C18H19FN2O2/c1-3-21(16-9-4-6-13(2)10-16)18(23)12-17(22)20-15-8-5-7-14(19)11-15/h4-11H,3,12H2,1-2H3,(H,20,22). The molecule has 4 nitrogen and oxygen atoms in total. The summed E-state index contributed by atoms with van der Waals surface area (Å²) in [7, 11) is 0. The SMILES string of the molecule is CCN(C(=O)CC(=O)Nc1cccc(F)c1)c1cccc(C)c1. The number of hydrogen-bond donors (Lipinski definition) is 1. The van der Waals surface area contributed by atoms with E-state index in [0.29, 0.717) is 12.2 Å². The van der Waals surface area contributed by atoms with Gasteiger partial charge in [0.05, 0.1) is 0 Å². The van der Waals surface area contributed by atoms with Gasteiger partial charge in [-0.25, -0.2) is 4.39 Å². The molecule has 1 N–H and O–H groups in total. The number of nitrogens with one attached hydrogen (secondary N) is 1. The van der Waals surface area contributed by atoms with E-state index in [2.05, 4.69) is 5.32 Å². The second kappa shape index (κ2) is 7.54. The van der Waals surface area contributed by atoms with Crippen LogP contribution in [0.3, 0.4) is 0 Å². The van der Waals surface area contributed by atoms with Crippen LogP contribution in [0.1, 0.15) is 18.9 Å². The first kappa shape index (κ1) is 16.7. The van der Waals surface area contributed by atoms with E-state index >= 15 is 0 Å². The monoisotopic (exact) mass is 314 g/mol. The molecule has 0 aliphatic rings. The number of carbonyl (C=O) groups is 2. The van der Waals surface area contributed by atoms with Crippen molar-refractivity contribution in [3.63, 3.8) is 0 Å². The minimum absolute atomic E-state index is 0.293. The normalized spacial score (nSPS) is 10.2. The summed E-state index contributed by atoms with van der Waals surface area (Å²) >= 11 is 0. The Morgan fingerprint density at radius 1 is 1.13 bits per heavy atom. The van der Waals surface area contributed by atoms with Crippen molar-refractivity contribution in [3.8, 4) is 0 Å². The van der Waals surface area contributed by atoms with Crippen LogP contribution in [0.15, 0.2) is 48.5 Å². The van der Waals surface area contributed by atoms with Crippen molar-refractivity contribution in [3.05, 3.63) is 59.9 Å². The molecule has 0 aromatic heterocycles. The Bertz CT molecular complexity index is 716. The topological polar surface area (TPSA) is 49.4 Å². The van der Waals surface area contributed by atoms with Gasteiger partial charge in [-0.1, -0.05) is 18.2 Å². The predicted octanol–water partition coefficient (Wildman–Crippen LogP) is 3.52. The van der Waals surface area contributed by atoms with Crippen molar-refractivity contribution < 1.29 is 14.0 Å². The minimum Gasteiger partial charge on any atom is -0.326 e. The van der Waals surface area contributed by atoms with Crippen LogP contribution in [0.5, 0.6) is 0 Å². The Kier molecular flexibility index (Phi) is 5.46. The lowest BCUT2D eigenvalue weighted by molar-refractivity contribution is -0.125. The quantitative estimate of drug-likeness (QED) is 0.859. The van der Waals surface area contributed by atoms with Gasteiger partial charge in [0.15, 0.2) is 0 Å². The van der Waals surface area contributed by atoms with Crippen molar-refractivity contribution in [1.29, 1.82) is 0 Å². The molecule has 0 spiro atoms. The van der Waals surface area contributed by atoms with Crippen LogP contribution in [0.2, 0.25) is 0 Å². The molecule has 5 heteroatoms. The molecule has 2 amide bonds. The smallest absolute Gasteiger partial charge is 0.236 e. The zero-order chi connectivity index (χ0) is 16.8. The van der Waals surface area contributed by atoms with Gasteiger partial charge in [0.25, 0.3) is 0 Å². The number of nitrogens with zero attached hydrogens (tertiary/aromatic N) is 1. The van der Waals surface area contributed by atoms with Gasteiger partial charge in [-0.2, -0.15) is 0 Å². The fourth-order valence-corrected chi connectivity index (χ4v) is 2.30. The molecule has 23 heavy (non-hydrogen) atoms. The van der Waals surface area contributed by atoms with Gasteiger partial charge >= 0.3 is 0 Å². The van der Waals surface area contributed by atoms with E-state index in [1.54, 1.807) is 11.0 Å². The van der Waals surface area contributed by atoms with Gasteiger partial charge in [0, 0.05) is 17.9 Å². The lowest BCUT2D eigenvalue weighted by Gasteiger charge is -2.21. The predicted molar refractivity (Wildman–Crippen MR) is 88.9 cm³/mol. The molecule has 0 heterocycles. The van der Waals surface area contributed by atoms with E-state index < -0.39 is 11.7 Å². The number of anilines is 2. The van der Waals surface area contributed by atoms with Gasteiger partial charge in [-0.15, -0.1) is 0 Å². The average molecular weight is 314 g/mol. The molecule has 0 saturated heterocycles. The van der Waals surface area contributed by atoms with Crippen molar-refractivity contribution in [1.82, 2.24) is 0 Å². The zero-order valence-electron chi connectivity index (χ0n) is 13.2. The van der Waals surface area contributed by atoms with Gasteiger partial charge < -0.3 is 10.2 Å². The van der Waals surface area contributed by atoms with Crippen LogP contribution in [-0.2, 0) is 9.59 Å². The van der Waals surface area contributed by atoms with Gasteiger partial charge in [-0.05, 0) is 49.7 Å². The van der Waals surface area contributed by atoms with Crippen molar-refractivity contribution in [2.75, 3.05) is 16.8 Å². The second-order valence-corrected chi connectivity index (χ2v) is 5.21. The van der Waals surface area contributed by atoms with E-state index in [0.717, 1.165) is 11.3 Å². The minimum atomic E-state index is -0.466. The van der Waals surface area contributed by atoms with Crippen molar-refractivity contribution >= 4 is 23.2 Å². The maximum atomic E-state index is 13.1. The highest BCUT2D eigenvalue weighted by atomic mass is 19.1. The van der Waals surface area contributed by atoms with E-state index in [4.69, 9.17) is 0 Å². The molecule has 0 saturated carbocycles. The zero-order valence-corrected chi connectivity index (χ0v) is 13.2. The van der Waals surface area contributed by atoms with E-state index in [1.807, 2.05) is 38.1 Å². The molecule has 0 atom stereocenters. The Labute approximate surface area is 134 Å². The molecule has 0 aliphatic heterocycles. The summed E-state index contributed by atoms with van der Waals surface area (Å²) in [5, 5.41) is 2.53. The van der Waals surface area contributed by atoms with E-state index in [1.165, 1.54) is 18.2 Å². The first-order valence-electron chi connectivity index (χ1n) is 7.42. The van der Waals surface area contributed by atoms with Gasteiger partial charge in [0.2, 0.25) is 11.8 Å². The summed E-state index contributed by atoms with van der Waals surface area (Å²) in [5.41, 5.74) is 2.13. The third-order valence-electron chi connectivity index (χ3n) is 3.35. The number of rotatable bonds is 5. The number of benzene rings is 2. The lowest BCUT2D eigenvalue weighted by atomic mass is 10.2. The summed E-state index contributed by atoms with van der Waals surface area (Å²) in [6.07, 6.45) is -0.293. The number of hydrogen-bond acceptors (Lipinski definition) is 2. The number of carbonyl (C=O) groups excluding carboxylic acids is 2. The van der Waals surface area contributed by atoms with Gasteiger partial charge in [-0.3, -0.25) is 9.59 Å². The highest BCUT2D eigenvalue weighted by molar-refractivity contribution is 6.09. The third kappa shape index (κ3) is 4.64. The third-order valence-corrected chi connectivity index (χ3v) is 3.35. The van der Waals surface area contributed by atoms with Crippen LogP contribution in [0.25, 0.3) is 0 Å². The molecule has 120 valence electrons. The molecule has 2 rings (SSSR count). The second-order valence-electron chi connectivity index (χ2n) is 5.21. The number of amides is 2. The van der Waals surface area contributed by atoms with Crippen molar-refractivity contribution in [2.45, 2.75) is 20.3 Å². The number of aryl methyl sites for hydroxylation is 1. The highest BCUT2D eigenvalue weighted by Crippen LogP contribution is 2.17. The summed E-state index contributed by atoms with van der Waals surface area (Å²) in [4.78, 5) is 25.9. The molecule has 0 fully saturated rings. The highest BCUT2D eigenvalue weighted by Gasteiger charge is 2.17. The summed E-state index contributed by atoms with van der Waals surface area (Å²) < 4.78 is 13.1. The summed E-state index contributed by atoms with van der Waals surface area (Å²) in [5.74, 6) is -1.21. The van der Waals surface area contributed by atoms with Crippen LogP contribution in [0, 0.1) is 12.7 Å². The maximum Gasteiger partial charge on any atom is 0.236 e. The van der Waals surface area contributed by atoms with Crippen LogP contribution in [-0.4, -0.2) is 18.4 Å². The lowest BCUT2D eigenvalue weighted by Crippen LogP contribution is -2.33. The fraction of sp³-hybridized carbons (Fsp3) is 0.222. The van der Waals surface area contributed by atoms with Crippen LogP contribution in [0.4, 0.5) is 15.8 Å². The summed E-state index contributed by atoms with van der Waals surface area (Å²) in [6, 6.07) is 13.1. The molecular formula is C18H19FN2O2. The van der Waals surface area contributed by atoms with Gasteiger partial charge in [0.1, 0.15) is 12.2 Å². The Morgan fingerprint density at radius 3 is 2.52 bits per heavy atom. The average Bonchev–Trinajstić information content (AvgIpc) is 2.47. The molecule has 0 aliphatic carbocycles. The molecule has 0 unspecified atom stereocenters.